The minimum absolute atomic E-state index is 0.148. The number of methoxy groups -OCH3 is 2. The van der Waals surface area contributed by atoms with E-state index in [1.165, 1.54) is 31.2 Å². The number of hydrogen-bond acceptors (Lipinski definition) is 3. The van der Waals surface area contributed by atoms with Crippen LogP contribution in [0, 0.1) is 0 Å². The normalized spacial score (nSPS) is 11.4. The average Bonchev–Trinajstić information content (AvgIpc) is 2.49. The first kappa shape index (κ1) is 17.2. The quantitative estimate of drug-likeness (QED) is 0.455. The van der Waals surface area contributed by atoms with Gasteiger partial charge in [0.05, 0.1) is 0 Å². The average molecular weight is 279 g/mol. The highest BCUT2D eigenvalue weighted by Crippen LogP contribution is 2.09. The molecular formula is C17H29NO2. The summed E-state index contributed by atoms with van der Waals surface area (Å²) < 4.78 is 10.7. The van der Waals surface area contributed by atoms with Crippen molar-refractivity contribution in [3.8, 4) is 0 Å². The third-order valence-electron chi connectivity index (χ3n) is 3.51. The van der Waals surface area contributed by atoms with E-state index in [9.17, 15) is 0 Å². The zero-order valence-electron chi connectivity index (χ0n) is 13.2. The number of ether oxygens (including phenoxy) is 2. The molecule has 0 fully saturated rings. The molecular weight excluding hydrogens is 250 g/mol. The molecule has 0 saturated heterocycles. The van der Waals surface area contributed by atoms with E-state index in [-0.39, 0.29) is 6.29 Å². The zero-order chi connectivity index (χ0) is 14.6. The summed E-state index contributed by atoms with van der Waals surface area (Å²) in [7, 11) is 3.40. The molecule has 0 bridgehead atoms. The van der Waals surface area contributed by atoms with Gasteiger partial charge in [0.15, 0.2) is 6.29 Å². The Bertz CT molecular complexity index is 325. The van der Waals surface area contributed by atoms with Crippen molar-refractivity contribution in [2.75, 3.05) is 27.3 Å². The first-order chi connectivity index (χ1) is 9.80. The molecule has 0 unspecified atom stereocenters. The van der Waals surface area contributed by atoms with Gasteiger partial charge in [-0.25, -0.2) is 0 Å². The van der Waals surface area contributed by atoms with Crippen LogP contribution in [0.3, 0.4) is 0 Å². The van der Waals surface area contributed by atoms with Crippen molar-refractivity contribution in [3.63, 3.8) is 0 Å². The summed E-state index contributed by atoms with van der Waals surface area (Å²) in [5, 5.41) is 0. The van der Waals surface area contributed by atoms with Gasteiger partial charge in [0.2, 0.25) is 0 Å². The maximum absolute atomic E-state index is 5.33. The molecule has 0 heterocycles. The summed E-state index contributed by atoms with van der Waals surface area (Å²) in [6.07, 6.45) is 4.98. The maximum atomic E-state index is 5.33. The van der Waals surface area contributed by atoms with Crippen LogP contribution < -0.4 is 0 Å². The Morgan fingerprint density at radius 1 is 1.00 bits per heavy atom. The van der Waals surface area contributed by atoms with Crippen molar-refractivity contribution in [2.24, 2.45) is 0 Å². The molecule has 0 aliphatic rings. The first-order valence-electron chi connectivity index (χ1n) is 7.62. The summed E-state index contributed by atoms with van der Waals surface area (Å²) in [6.45, 7) is 5.11. The Hall–Kier alpha value is -0.900. The molecule has 0 amide bonds. The molecule has 114 valence electrons. The lowest BCUT2D eigenvalue weighted by atomic mass is 10.1. The largest absolute Gasteiger partial charge is 0.355 e. The monoisotopic (exact) mass is 279 g/mol. The van der Waals surface area contributed by atoms with Crippen molar-refractivity contribution in [1.29, 1.82) is 0 Å². The number of benzene rings is 1. The summed E-state index contributed by atoms with van der Waals surface area (Å²) in [6, 6.07) is 10.6. The fourth-order valence-electron chi connectivity index (χ4n) is 2.29. The highest BCUT2D eigenvalue weighted by Gasteiger charge is 2.13. The summed E-state index contributed by atoms with van der Waals surface area (Å²) in [5.74, 6) is 0. The Morgan fingerprint density at radius 3 is 2.30 bits per heavy atom. The Kier molecular flexibility index (Phi) is 9.29. The van der Waals surface area contributed by atoms with E-state index in [0.717, 1.165) is 19.6 Å². The van der Waals surface area contributed by atoms with Crippen LogP contribution >= 0.6 is 0 Å². The second-order valence-electron chi connectivity index (χ2n) is 5.18. The number of nitrogens with zero attached hydrogens (tertiary/aromatic N) is 1. The van der Waals surface area contributed by atoms with E-state index in [1.807, 2.05) is 0 Å². The molecule has 0 N–H and O–H groups in total. The third kappa shape index (κ3) is 7.04. The van der Waals surface area contributed by atoms with Crippen molar-refractivity contribution in [3.05, 3.63) is 35.9 Å². The SMILES string of the molecule is CCCCCCN(Cc1ccccc1)CC(OC)OC. The molecule has 1 aromatic rings. The van der Waals surface area contributed by atoms with Gasteiger partial charge in [0.1, 0.15) is 0 Å². The van der Waals surface area contributed by atoms with Crippen LogP contribution in [-0.2, 0) is 16.0 Å². The predicted octanol–water partition coefficient (Wildman–Crippen LogP) is 3.69. The van der Waals surface area contributed by atoms with Crippen LogP contribution in [-0.4, -0.2) is 38.5 Å². The Labute approximate surface area is 123 Å². The maximum Gasteiger partial charge on any atom is 0.169 e. The van der Waals surface area contributed by atoms with Gasteiger partial charge < -0.3 is 9.47 Å². The van der Waals surface area contributed by atoms with Gasteiger partial charge in [-0.15, -0.1) is 0 Å². The van der Waals surface area contributed by atoms with Crippen LogP contribution in [0.2, 0.25) is 0 Å². The lowest BCUT2D eigenvalue weighted by Crippen LogP contribution is -2.34. The van der Waals surface area contributed by atoms with Crippen LogP contribution in [0.1, 0.15) is 38.2 Å². The number of hydrogen-bond donors (Lipinski definition) is 0. The molecule has 0 atom stereocenters. The van der Waals surface area contributed by atoms with Crippen LogP contribution in [0.4, 0.5) is 0 Å². The lowest BCUT2D eigenvalue weighted by molar-refractivity contribution is -0.117. The van der Waals surface area contributed by atoms with E-state index in [0.29, 0.717) is 0 Å². The summed E-state index contributed by atoms with van der Waals surface area (Å²) in [5.41, 5.74) is 1.34. The van der Waals surface area contributed by atoms with Gasteiger partial charge in [-0.05, 0) is 18.5 Å². The Balaban J connectivity index is 2.49. The van der Waals surface area contributed by atoms with Crippen LogP contribution in [0.25, 0.3) is 0 Å². The fraction of sp³-hybridized carbons (Fsp3) is 0.647. The van der Waals surface area contributed by atoms with Gasteiger partial charge in [0.25, 0.3) is 0 Å². The van der Waals surface area contributed by atoms with Crippen LogP contribution in [0.15, 0.2) is 30.3 Å². The molecule has 0 aliphatic carbocycles. The van der Waals surface area contributed by atoms with Crippen molar-refractivity contribution < 1.29 is 9.47 Å². The van der Waals surface area contributed by atoms with Crippen molar-refractivity contribution in [1.82, 2.24) is 4.90 Å². The molecule has 1 aromatic carbocycles. The summed E-state index contributed by atoms with van der Waals surface area (Å²) in [4.78, 5) is 2.42. The second-order valence-corrected chi connectivity index (χ2v) is 5.18. The van der Waals surface area contributed by atoms with E-state index < -0.39 is 0 Å². The Morgan fingerprint density at radius 2 is 1.70 bits per heavy atom. The molecule has 1 rings (SSSR count). The molecule has 0 saturated carbocycles. The minimum atomic E-state index is -0.148. The standard InChI is InChI=1S/C17H29NO2/c1-4-5-6-10-13-18(15-17(19-2)20-3)14-16-11-8-7-9-12-16/h7-9,11-12,17H,4-6,10,13-15H2,1-3H3. The molecule has 3 heteroatoms. The van der Waals surface area contributed by atoms with Gasteiger partial charge >= 0.3 is 0 Å². The van der Waals surface area contributed by atoms with Gasteiger partial charge in [0, 0.05) is 27.3 Å². The van der Waals surface area contributed by atoms with Crippen molar-refractivity contribution in [2.45, 2.75) is 45.4 Å². The van der Waals surface area contributed by atoms with E-state index in [2.05, 4.69) is 42.2 Å². The van der Waals surface area contributed by atoms with E-state index in [4.69, 9.17) is 9.47 Å². The minimum Gasteiger partial charge on any atom is -0.355 e. The molecule has 0 aromatic heterocycles. The lowest BCUT2D eigenvalue weighted by Gasteiger charge is -2.26. The predicted molar refractivity (Wildman–Crippen MR) is 83.7 cm³/mol. The van der Waals surface area contributed by atoms with Gasteiger partial charge in [-0.1, -0.05) is 56.5 Å². The zero-order valence-corrected chi connectivity index (χ0v) is 13.2. The molecule has 3 nitrogen and oxygen atoms in total. The van der Waals surface area contributed by atoms with Gasteiger partial charge in [-0.3, -0.25) is 4.90 Å². The number of rotatable bonds is 11. The highest BCUT2D eigenvalue weighted by molar-refractivity contribution is 5.14. The fourth-order valence-corrected chi connectivity index (χ4v) is 2.29. The first-order valence-corrected chi connectivity index (χ1v) is 7.62. The van der Waals surface area contributed by atoms with E-state index >= 15 is 0 Å². The van der Waals surface area contributed by atoms with Gasteiger partial charge in [-0.2, -0.15) is 0 Å². The summed E-state index contributed by atoms with van der Waals surface area (Å²) >= 11 is 0. The van der Waals surface area contributed by atoms with Crippen molar-refractivity contribution >= 4 is 0 Å². The van der Waals surface area contributed by atoms with Crippen LogP contribution in [0.5, 0.6) is 0 Å². The molecule has 20 heavy (non-hydrogen) atoms. The third-order valence-corrected chi connectivity index (χ3v) is 3.51. The topological polar surface area (TPSA) is 21.7 Å². The molecule has 0 radical (unpaired) electrons. The molecule has 0 aliphatic heterocycles. The molecule has 0 spiro atoms. The highest BCUT2D eigenvalue weighted by atomic mass is 16.7. The second kappa shape index (κ2) is 10.8. The van der Waals surface area contributed by atoms with E-state index in [1.54, 1.807) is 14.2 Å². The smallest absolute Gasteiger partial charge is 0.169 e. The number of unbranched alkanes of at least 4 members (excludes halogenated alkanes) is 3.